The fourth-order valence-electron chi connectivity index (χ4n) is 1.90. The van der Waals surface area contributed by atoms with Gasteiger partial charge in [0.15, 0.2) is 11.6 Å². The van der Waals surface area contributed by atoms with E-state index in [0.29, 0.717) is 5.76 Å². The SMILES string of the molecule is C[C@H](NCC(=O)NCC(=O)Nc1ccc(F)c(F)c1)c1ccco1. The zero-order valence-electron chi connectivity index (χ0n) is 12.9. The summed E-state index contributed by atoms with van der Waals surface area (Å²) < 4.78 is 31.0. The molecule has 0 saturated carbocycles. The first-order chi connectivity index (χ1) is 11.5. The van der Waals surface area contributed by atoms with Crippen LogP contribution in [0.15, 0.2) is 41.0 Å². The van der Waals surface area contributed by atoms with E-state index in [9.17, 15) is 18.4 Å². The van der Waals surface area contributed by atoms with Crippen LogP contribution in [0.5, 0.6) is 0 Å². The summed E-state index contributed by atoms with van der Waals surface area (Å²) in [6, 6.07) is 6.37. The number of hydrogen-bond donors (Lipinski definition) is 3. The van der Waals surface area contributed by atoms with Crippen LogP contribution in [0.3, 0.4) is 0 Å². The minimum absolute atomic E-state index is 0.000320. The summed E-state index contributed by atoms with van der Waals surface area (Å²) in [6.45, 7) is 1.55. The molecule has 0 spiro atoms. The number of hydrogen-bond acceptors (Lipinski definition) is 4. The first-order valence-corrected chi connectivity index (χ1v) is 7.24. The maximum absolute atomic E-state index is 13.0. The van der Waals surface area contributed by atoms with Gasteiger partial charge < -0.3 is 15.1 Å². The van der Waals surface area contributed by atoms with Crippen LogP contribution in [0.1, 0.15) is 18.7 Å². The Hall–Kier alpha value is -2.74. The summed E-state index contributed by atoms with van der Waals surface area (Å²) in [6.07, 6.45) is 1.54. The lowest BCUT2D eigenvalue weighted by Gasteiger charge is -2.11. The van der Waals surface area contributed by atoms with Crippen LogP contribution < -0.4 is 16.0 Å². The van der Waals surface area contributed by atoms with E-state index in [4.69, 9.17) is 4.42 Å². The Morgan fingerprint density at radius 3 is 2.58 bits per heavy atom. The third-order valence-electron chi connectivity index (χ3n) is 3.19. The van der Waals surface area contributed by atoms with Crippen LogP contribution in [0.25, 0.3) is 0 Å². The third kappa shape index (κ3) is 5.17. The van der Waals surface area contributed by atoms with Gasteiger partial charge in [-0.15, -0.1) is 0 Å². The van der Waals surface area contributed by atoms with Gasteiger partial charge in [0, 0.05) is 11.8 Å². The number of anilines is 1. The number of carbonyl (C=O) groups is 2. The van der Waals surface area contributed by atoms with Crippen molar-refractivity contribution < 1.29 is 22.8 Å². The lowest BCUT2D eigenvalue weighted by molar-refractivity contribution is -0.123. The summed E-state index contributed by atoms with van der Waals surface area (Å²) in [5, 5.41) is 7.72. The molecule has 0 aliphatic heterocycles. The van der Waals surface area contributed by atoms with Crippen molar-refractivity contribution in [2.45, 2.75) is 13.0 Å². The van der Waals surface area contributed by atoms with E-state index in [-0.39, 0.29) is 30.7 Å². The molecule has 24 heavy (non-hydrogen) atoms. The molecule has 1 aromatic heterocycles. The van der Waals surface area contributed by atoms with E-state index in [1.807, 2.05) is 6.92 Å². The highest BCUT2D eigenvalue weighted by Gasteiger charge is 2.11. The van der Waals surface area contributed by atoms with E-state index >= 15 is 0 Å². The molecule has 0 saturated heterocycles. The summed E-state index contributed by atoms with van der Waals surface area (Å²) in [7, 11) is 0. The van der Waals surface area contributed by atoms with Gasteiger partial charge >= 0.3 is 0 Å². The van der Waals surface area contributed by atoms with Crippen molar-refractivity contribution in [1.82, 2.24) is 10.6 Å². The average Bonchev–Trinajstić information content (AvgIpc) is 3.08. The van der Waals surface area contributed by atoms with Gasteiger partial charge in [0.2, 0.25) is 11.8 Å². The van der Waals surface area contributed by atoms with Gasteiger partial charge in [-0.2, -0.15) is 0 Å². The van der Waals surface area contributed by atoms with Gasteiger partial charge in [-0.1, -0.05) is 0 Å². The van der Waals surface area contributed by atoms with Crippen molar-refractivity contribution in [3.8, 4) is 0 Å². The van der Waals surface area contributed by atoms with E-state index in [1.54, 1.807) is 12.1 Å². The first-order valence-electron chi connectivity index (χ1n) is 7.24. The molecule has 8 heteroatoms. The maximum Gasteiger partial charge on any atom is 0.243 e. The number of nitrogens with one attached hydrogen (secondary N) is 3. The Kier molecular flexibility index (Phi) is 6.02. The summed E-state index contributed by atoms with van der Waals surface area (Å²) in [5.41, 5.74) is 0.109. The minimum Gasteiger partial charge on any atom is -0.468 e. The first kappa shape index (κ1) is 17.6. The van der Waals surface area contributed by atoms with Gasteiger partial charge in [-0.05, 0) is 31.2 Å². The Morgan fingerprint density at radius 2 is 1.92 bits per heavy atom. The van der Waals surface area contributed by atoms with Crippen LogP contribution in [0.4, 0.5) is 14.5 Å². The smallest absolute Gasteiger partial charge is 0.243 e. The van der Waals surface area contributed by atoms with Crippen molar-refractivity contribution in [2.75, 3.05) is 18.4 Å². The normalized spacial score (nSPS) is 11.8. The second-order valence-electron chi connectivity index (χ2n) is 5.07. The van der Waals surface area contributed by atoms with E-state index in [0.717, 1.165) is 12.1 Å². The number of halogens is 2. The molecule has 2 rings (SSSR count). The zero-order valence-corrected chi connectivity index (χ0v) is 12.9. The molecule has 6 nitrogen and oxygen atoms in total. The molecule has 0 aliphatic rings. The molecule has 2 aromatic rings. The number of rotatable bonds is 7. The van der Waals surface area contributed by atoms with Crippen molar-refractivity contribution in [3.63, 3.8) is 0 Å². The second-order valence-corrected chi connectivity index (χ2v) is 5.07. The Morgan fingerprint density at radius 1 is 1.12 bits per heavy atom. The predicted molar refractivity (Wildman–Crippen MR) is 83.1 cm³/mol. The molecule has 0 fully saturated rings. The van der Waals surface area contributed by atoms with Gasteiger partial charge in [-0.3, -0.25) is 14.9 Å². The van der Waals surface area contributed by atoms with Gasteiger partial charge in [-0.25, -0.2) is 8.78 Å². The summed E-state index contributed by atoms with van der Waals surface area (Å²) in [4.78, 5) is 23.3. The molecule has 3 N–H and O–H groups in total. The molecule has 0 bridgehead atoms. The fourth-order valence-corrected chi connectivity index (χ4v) is 1.90. The predicted octanol–water partition coefficient (Wildman–Crippen LogP) is 1.96. The standard InChI is InChI=1S/C16H17F2N3O3/c1-10(14-3-2-6-24-14)19-8-15(22)20-9-16(23)21-11-4-5-12(17)13(18)7-11/h2-7,10,19H,8-9H2,1H3,(H,20,22)(H,21,23)/t10-/m0/s1. The van der Waals surface area contributed by atoms with Crippen LogP contribution in [0, 0.1) is 11.6 Å². The molecule has 0 radical (unpaired) electrons. The second kappa shape index (κ2) is 8.21. The molecular weight excluding hydrogens is 320 g/mol. The number of carbonyl (C=O) groups excluding carboxylic acids is 2. The van der Waals surface area contributed by atoms with Crippen molar-refractivity contribution >= 4 is 17.5 Å². The number of amides is 2. The lowest BCUT2D eigenvalue weighted by Crippen LogP contribution is -2.39. The largest absolute Gasteiger partial charge is 0.468 e. The fraction of sp³-hybridized carbons (Fsp3) is 0.250. The number of benzene rings is 1. The third-order valence-corrected chi connectivity index (χ3v) is 3.19. The van der Waals surface area contributed by atoms with Gasteiger partial charge in [0.25, 0.3) is 0 Å². The molecule has 1 atom stereocenters. The molecular formula is C16H17F2N3O3. The zero-order chi connectivity index (χ0) is 17.5. The van der Waals surface area contributed by atoms with Crippen LogP contribution in [0.2, 0.25) is 0 Å². The molecule has 2 amide bonds. The molecule has 128 valence electrons. The number of furan rings is 1. The highest BCUT2D eigenvalue weighted by atomic mass is 19.2. The monoisotopic (exact) mass is 337 g/mol. The molecule has 1 heterocycles. The van der Waals surface area contributed by atoms with Crippen molar-refractivity contribution in [3.05, 3.63) is 54.0 Å². The van der Waals surface area contributed by atoms with Crippen molar-refractivity contribution in [2.24, 2.45) is 0 Å². The Balaban J connectivity index is 1.71. The minimum atomic E-state index is -1.06. The Bertz CT molecular complexity index is 705. The Labute approximate surface area is 137 Å². The van der Waals surface area contributed by atoms with E-state index in [1.165, 1.54) is 12.3 Å². The topological polar surface area (TPSA) is 83.4 Å². The van der Waals surface area contributed by atoms with Gasteiger partial charge in [0.1, 0.15) is 5.76 Å². The molecule has 1 aromatic carbocycles. The van der Waals surface area contributed by atoms with E-state index in [2.05, 4.69) is 16.0 Å². The molecule has 0 unspecified atom stereocenters. The summed E-state index contributed by atoms with van der Waals surface area (Å²) >= 11 is 0. The average molecular weight is 337 g/mol. The van der Waals surface area contributed by atoms with Crippen molar-refractivity contribution in [1.29, 1.82) is 0 Å². The van der Waals surface area contributed by atoms with Crippen LogP contribution in [-0.2, 0) is 9.59 Å². The van der Waals surface area contributed by atoms with Gasteiger partial charge in [0.05, 0.1) is 25.4 Å². The van der Waals surface area contributed by atoms with Crippen LogP contribution >= 0.6 is 0 Å². The summed E-state index contributed by atoms with van der Waals surface area (Å²) in [5.74, 6) is -2.30. The highest BCUT2D eigenvalue weighted by Crippen LogP contribution is 2.13. The quantitative estimate of drug-likeness (QED) is 0.721. The maximum atomic E-state index is 13.0. The molecule has 0 aliphatic carbocycles. The highest BCUT2D eigenvalue weighted by molar-refractivity contribution is 5.94. The lowest BCUT2D eigenvalue weighted by atomic mass is 10.2. The van der Waals surface area contributed by atoms with Crippen LogP contribution in [-0.4, -0.2) is 24.9 Å². The van der Waals surface area contributed by atoms with E-state index < -0.39 is 17.5 Å².